The normalized spacial score (nSPS) is 24.2. The summed E-state index contributed by atoms with van der Waals surface area (Å²) >= 11 is 6.18. The highest BCUT2D eigenvalue weighted by Gasteiger charge is 2.66. The van der Waals surface area contributed by atoms with Crippen LogP contribution in [0.4, 0.5) is 5.69 Å². The largest absolute Gasteiger partial charge is 0.505 e. The van der Waals surface area contributed by atoms with Crippen molar-refractivity contribution in [3.63, 3.8) is 0 Å². The van der Waals surface area contributed by atoms with E-state index in [4.69, 9.17) is 11.6 Å². The minimum atomic E-state index is -1.87. The molecule has 0 amide bonds. The Bertz CT molecular complexity index is 1630. The summed E-state index contributed by atoms with van der Waals surface area (Å²) in [6, 6.07) is 5.12. The first-order chi connectivity index (χ1) is 18.9. The maximum absolute atomic E-state index is 11.4. The highest BCUT2D eigenvalue weighted by Crippen LogP contribution is 2.67. The Morgan fingerprint density at radius 1 is 0.951 bits per heavy atom. The summed E-state index contributed by atoms with van der Waals surface area (Å²) in [6.07, 6.45) is -0.363. The SMILES string of the molecule is CC1(C)c2c(Cl)c(O)c(O)c(O)c2C1C1(O)CC(O)(CNc2c(O)c(O)c(O)c(-c3cccc(C(=O)O)c3)c2O)N1. The van der Waals surface area contributed by atoms with Gasteiger partial charge in [0.05, 0.1) is 22.7 Å². The molecule has 13 nitrogen and oxygen atoms in total. The van der Waals surface area contributed by atoms with E-state index in [0.717, 1.165) is 6.07 Å². The number of halogens is 1. The Morgan fingerprint density at radius 3 is 2.17 bits per heavy atom. The van der Waals surface area contributed by atoms with Gasteiger partial charge in [-0.2, -0.15) is 0 Å². The molecule has 41 heavy (non-hydrogen) atoms. The molecule has 3 aromatic carbocycles. The van der Waals surface area contributed by atoms with E-state index in [1.54, 1.807) is 13.8 Å². The van der Waals surface area contributed by atoms with Gasteiger partial charge in [-0.25, -0.2) is 4.79 Å². The molecule has 1 aliphatic heterocycles. The Kier molecular flexibility index (Phi) is 6.09. The lowest BCUT2D eigenvalue weighted by Gasteiger charge is -2.62. The summed E-state index contributed by atoms with van der Waals surface area (Å²) in [5.74, 6) is -8.05. The predicted octanol–water partition coefficient (Wildman–Crippen LogP) is 2.50. The minimum absolute atomic E-state index is 0.00624. The molecular weight excluding hydrogens is 564 g/mol. The van der Waals surface area contributed by atoms with Crippen LogP contribution in [0.1, 0.15) is 47.7 Å². The lowest BCUT2D eigenvalue weighted by Crippen LogP contribution is -2.79. The molecule has 5 rings (SSSR count). The molecule has 1 aliphatic carbocycles. The van der Waals surface area contributed by atoms with E-state index >= 15 is 0 Å². The molecule has 12 N–H and O–H groups in total. The number of rotatable bonds is 6. The van der Waals surface area contributed by atoms with E-state index in [-0.39, 0.29) is 33.7 Å². The van der Waals surface area contributed by atoms with Crippen molar-refractivity contribution in [2.45, 2.75) is 43.1 Å². The number of aliphatic hydroxyl groups is 2. The third kappa shape index (κ3) is 3.92. The van der Waals surface area contributed by atoms with Crippen molar-refractivity contribution in [2.75, 3.05) is 11.9 Å². The third-order valence-electron chi connectivity index (χ3n) is 7.90. The van der Waals surface area contributed by atoms with Gasteiger partial charge in [0.1, 0.15) is 17.1 Å². The number of carbonyl (C=O) groups is 1. The molecule has 218 valence electrons. The van der Waals surface area contributed by atoms with Gasteiger partial charge in [-0.05, 0) is 23.3 Å². The number of phenols is 7. The van der Waals surface area contributed by atoms with Crippen molar-refractivity contribution in [1.29, 1.82) is 0 Å². The summed E-state index contributed by atoms with van der Waals surface area (Å²) in [7, 11) is 0. The molecule has 1 saturated heterocycles. The summed E-state index contributed by atoms with van der Waals surface area (Å²) in [5.41, 5.74) is -5.28. The molecule has 0 spiro atoms. The maximum Gasteiger partial charge on any atom is 0.335 e. The fourth-order valence-electron chi connectivity index (χ4n) is 6.17. The van der Waals surface area contributed by atoms with Crippen LogP contribution in [0.25, 0.3) is 11.1 Å². The van der Waals surface area contributed by atoms with Gasteiger partial charge >= 0.3 is 5.97 Å². The number of carboxylic acids is 1. The van der Waals surface area contributed by atoms with Gasteiger partial charge in [-0.15, -0.1) is 0 Å². The van der Waals surface area contributed by atoms with Crippen molar-refractivity contribution >= 4 is 23.3 Å². The Labute approximate surface area is 236 Å². The third-order valence-corrected chi connectivity index (χ3v) is 8.26. The van der Waals surface area contributed by atoms with Crippen LogP contribution in [0.15, 0.2) is 24.3 Å². The lowest BCUT2D eigenvalue weighted by molar-refractivity contribution is -0.232. The van der Waals surface area contributed by atoms with Crippen molar-refractivity contribution in [3.05, 3.63) is 46.0 Å². The number of hydrogen-bond donors (Lipinski definition) is 12. The molecule has 0 bridgehead atoms. The van der Waals surface area contributed by atoms with Crippen molar-refractivity contribution < 1.29 is 55.9 Å². The minimum Gasteiger partial charge on any atom is -0.505 e. The topological polar surface area (TPSA) is 243 Å². The Hall–Kier alpha value is -4.30. The highest BCUT2D eigenvalue weighted by molar-refractivity contribution is 6.33. The van der Waals surface area contributed by atoms with Gasteiger partial charge < -0.3 is 56.4 Å². The second kappa shape index (κ2) is 8.85. The second-order valence-electron chi connectivity index (χ2n) is 10.9. The summed E-state index contributed by atoms with van der Waals surface area (Å²) in [5, 5.41) is 109. The molecule has 14 heteroatoms. The first-order valence-electron chi connectivity index (χ1n) is 12.2. The smallest absolute Gasteiger partial charge is 0.335 e. The van der Waals surface area contributed by atoms with Gasteiger partial charge in [0, 0.05) is 23.3 Å². The zero-order chi connectivity index (χ0) is 30.4. The number of phenolic OH excluding ortho intramolecular Hbond substituents is 7. The first-order valence-corrected chi connectivity index (χ1v) is 12.6. The van der Waals surface area contributed by atoms with Gasteiger partial charge in [-0.3, -0.25) is 5.32 Å². The predicted molar refractivity (Wildman–Crippen MR) is 144 cm³/mol. The van der Waals surface area contributed by atoms with Crippen molar-refractivity contribution in [1.82, 2.24) is 5.32 Å². The second-order valence-corrected chi connectivity index (χ2v) is 11.3. The van der Waals surface area contributed by atoms with E-state index in [1.165, 1.54) is 18.2 Å². The van der Waals surface area contributed by atoms with Gasteiger partial charge in [-0.1, -0.05) is 37.6 Å². The monoisotopic (exact) mass is 590 g/mol. The van der Waals surface area contributed by atoms with Crippen LogP contribution in [-0.2, 0) is 5.41 Å². The fraction of sp³-hybridized carbons (Fsp3) is 0.296. The Balaban J connectivity index is 1.42. The number of fused-ring (bicyclic) bond motifs is 1. The summed E-state index contributed by atoms with van der Waals surface area (Å²) < 4.78 is 0. The molecule has 0 saturated carbocycles. The molecule has 0 radical (unpaired) electrons. The number of benzene rings is 3. The van der Waals surface area contributed by atoms with Crippen molar-refractivity contribution in [3.8, 4) is 51.4 Å². The molecule has 2 aliphatic rings. The van der Waals surface area contributed by atoms with Gasteiger partial charge in [0.15, 0.2) is 28.7 Å². The van der Waals surface area contributed by atoms with Gasteiger partial charge in [0.2, 0.25) is 11.5 Å². The fourth-order valence-corrected chi connectivity index (χ4v) is 6.60. The summed E-state index contributed by atoms with van der Waals surface area (Å²) in [6.45, 7) is 2.91. The average Bonchev–Trinajstić information content (AvgIpc) is 2.87. The molecule has 1 heterocycles. The standard InChI is InChI=1S/C27H27ClN2O11/c1-25(2)13-12(18(33)21(36)19(34)14(13)28)23(25)27(41)7-26(40,30-27)8-29-15-16(31)11(17(32)22(37)20(15)35)9-4-3-5-10(6-9)24(38)39/h3-6,23,29-37,40-41H,7-8H2,1-2H3,(H,38,39). The zero-order valence-corrected chi connectivity index (χ0v) is 22.3. The number of aromatic carboxylic acids is 1. The number of hydrogen-bond acceptors (Lipinski definition) is 12. The van der Waals surface area contributed by atoms with E-state index < -0.39 is 81.2 Å². The Morgan fingerprint density at radius 2 is 1.56 bits per heavy atom. The quantitative estimate of drug-likeness (QED) is 0.146. The van der Waals surface area contributed by atoms with Crippen LogP contribution in [0.3, 0.4) is 0 Å². The number of anilines is 1. The molecule has 3 aromatic rings. The molecule has 3 atom stereocenters. The zero-order valence-electron chi connectivity index (χ0n) is 21.6. The van der Waals surface area contributed by atoms with E-state index in [9.17, 15) is 55.9 Å². The van der Waals surface area contributed by atoms with Crippen LogP contribution in [-0.4, -0.2) is 75.0 Å². The number of nitrogens with one attached hydrogen (secondary N) is 2. The van der Waals surface area contributed by atoms with Crippen LogP contribution in [0, 0.1) is 0 Å². The number of carboxylic acid groups (broad SMARTS) is 1. The van der Waals surface area contributed by atoms with E-state index in [2.05, 4.69) is 10.6 Å². The number of aromatic hydroxyl groups is 7. The molecule has 0 aromatic heterocycles. The molecule has 3 unspecified atom stereocenters. The molecule has 1 fully saturated rings. The van der Waals surface area contributed by atoms with E-state index in [1.807, 2.05) is 0 Å². The van der Waals surface area contributed by atoms with Crippen molar-refractivity contribution in [2.24, 2.45) is 0 Å². The lowest BCUT2D eigenvalue weighted by atomic mass is 9.51. The first kappa shape index (κ1) is 28.2. The van der Waals surface area contributed by atoms with Crippen LogP contribution in [0.2, 0.25) is 5.02 Å². The van der Waals surface area contributed by atoms with Crippen LogP contribution >= 0.6 is 11.6 Å². The van der Waals surface area contributed by atoms with E-state index in [0.29, 0.717) is 5.56 Å². The summed E-state index contributed by atoms with van der Waals surface area (Å²) in [4.78, 5) is 11.4. The van der Waals surface area contributed by atoms with Crippen LogP contribution < -0.4 is 10.6 Å². The maximum atomic E-state index is 11.4. The molecular formula is C27H27ClN2O11. The highest BCUT2D eigenvalue weighted by atomic mass is 35.5. The average molecular weight is 591 g/mol. The van der Waals surface area contributed by atoms with Crippen LogP contribution in [0.5, 0.6) is 40.2 Å². The van der Waals surface area contributed by atoms with Gasteiger partial charge in [0.25, 0.3) is 0 Å².